The lowest BCUT2D eigenvalue weighted by Crippen LogP contribution is -2.81. The van der Waals surface area contributed by atoms with Crippen molar-refractivity contribution in [2.75, 3.05) is 6.61 Å². The molecule has 2 aliphatic heterocycles. The molecule has 2 saturated carbocycles. The fraction of sp³-hybridized carbons (Fsp3) is 0.558. The molecule has 4 N–H and O–H groups in total. The van der Waals surface area contributed by atoms with Crippen LogP contribution in [-0.4, -0.2) is 111 Å². The van der Waals surface area contributed by atoms with Crippen molar-refractivity contribution in [2.45, 2.75) is 127 Å². The molecule has 2 unspecified atom stereocenters. The van der Waals surface area contributed by atoms with Crippen molar-refractivity contribution in [1.82, 2.24) is 5.32 Å². The number of hydrogen-bond acceptors (Lipinski definition) is 14. The zero-order chi connectivity index (χ0) is 42.3. The summed E-state index contributed by atoms with van der Waals surface area (Å²) in [4.78, 5) is 69.2. The summed E-state index contributed by atoms with van der Waals surface area (Å²) in [6.45, 7) is 12.2. The van der Waals surface area contributed by atoms with Gasteiger partial charge in [-0.05, 0) is 63.5 Å². The Morgan fingerprint density at radius 2 is 1.57 bits per heavy atom. The zero-order valence-corrected chi connectivity index (χ0v) is 33.7. The van der Waals surface area contributed by atoms with Gasteiger partial charge in [0.1, 0.15) is 41.7 Å². The molecule has 2 heterocycles. The first-order valence-electron chi connectivity index (χ1n) is 19.4. The molecule has 2 saturated heterocycles. The summed E-state index contributed by atoms with van der Waals surface area (Å²) >= 11 is 0. The third-order valence-electron chi connectivity index (χ3n) is 12.8. The molecule has 0 radical (unpaired) electrons. The average molecular weight is 806 g/mol. The number of fused-ring (bicyclic) bond motifs is 8. The molecule has 7 rings (SSSR count). The van der Waals surface area contributed by atoms with Crippen LogP contribution < -0.4 is 5.32 Å². The third-order valence-corrected chi connectivity index (χ3v) is 12.8. The minimum Gasteiger partial charge on any atom is -0.456 e. The number of rotatable bonds is 8. The second kappa shape index (κ2) is 14.3. The largest absolute Gasteiger partial charge is 0.456 e. The first-order valence-corrected chi connectivity index (χ1v) is 19.4. The fourth-order valence-corrected chi connectivity index (χ4v) is 9.95. The number of ether oxygens (including phenoxy) is 6. The van der Waals surface area contributed by atoms with E-state index in [0.29, 0.717) is 5.56 Å². The molecular weight excluding hydrogens is 754 g/mol. The Hall–Kier alpha value is -4.67. The molecule has 312 valence electrons. The van der Waals surface area contributed by atoms with Crippen LogP contribution in [-0.2, 0) is 42.8 Å². The number of Topliss-reactive ketones (excluding diaryl/α,β-unsaturated/α-hetero) is 1. The van der Waals surface area contributed by atoms with Crippen molar-refractivity contribution in [2.24, 2.45) is 16.7 Å². The van der Waals surface area contributed by atoms with Crippen molar-refractivity contribution >= 4 is 29.8 Å². The van der Waals surface area contributed by atoms with Crippen LogP contribution in [0.5, 0.6) is 0 Å². The molecule has 58 heavy (non-hydrogen) atoms. The van der Waals surface area contributed by atoms with Gasteiger partial charge >= 0.3 is 24.0 Å². The van der Waals surface area contributed by atoms with E-state index in [1.165, 1.54) is 19.1 Å². The number of aliphatic hydroxyl groups is 3. The molecule has 1 amide bonds. The van der Waals surface area contributed by atoms with Crippen molar-refractivity contribution in [1.29, 1.82) is 0 Å². The van der Waals surface area contributed by atoms with Crippen molar-refractivity contribution in [3.63, 3.8) is 0 Å². The molecule has 2 aromatic carbocycles. The molecule has 3 aliphatic carbocycles. The Morgan fingerprint density at radius 1 is 0.948 bits per heavy atom. The summed E-state index contributed by atoms with van der Waals surface area (Å²) in [6.07, 6.45) is -10.9. The minimum absolute atomic E-state index is 0.0104. The van der Waals surface area contributed by atoms with E-state index < -0.39 is 119 Å². The van der Waals surface area contributed by atoms with Crippen LogP contribution >= 0.6 is 0 Å². The van der Waals surface area contributed by atoms with E-state index in [9.17, 15) is 34.5 Å². The van der Waals surface area contributed by atoms with Gasteiger partial charge < -0.3 is 49.1 Å². The second-order valence-electron chi connectivity index (χ2n) is 17.8. The second-order valence-corrected chi connectivity index (χ2v) is 17.8. The quantitative estimate of drug-likeness (QED) is 0.130. The van der Waals surface area contributed by atoms with E-state index in [0.717, 1.165) is 0 Å². The third kappa shape index (κ3) is 6.51. The van der Waals surface area contributed by atoms with Crippen LogP contribution in [0.1, 0.15) is 83.8 Å². The SMILES string of the molecule is CC(=O)O[C@]12CO[C@H]1C1OC1[C@]1(C)C(=O)[C@@H](O)C3=C(C)[C@H](OC(=O)[C@@H](O)[C@H](NC(=O)OC(C)(C)C)c4ccccc4)C[C@](O)([C@H](OC(=O)c4ccccc4)[C@@H]21)C3(C)C. The van der Waals surface area contributed by atoms with Gasteiger partial charge in [0.2, 0.25) is 0 Å². The molecule has 0 aromatic heterocycles. The Labute approximate surface area is 336 Å². The van der Waals surface area contributed by atoms with Gasteiger partial charge in [-0.25, -0.2) is 14.4 Å². The summed E-state index contributed by atoms with van der Waals surface area (Å²) in [6, 6.07) is 14.8. The Kier molecular flexibility index (Phi) is 10.2. The number of carbonyl (C=O) groups excluding carboxylic acids is 5. The fourth-order valence-electron chi connectivity index (χ4n) is 9.95. The summed E-state index contributed by atoms with van der Waals surface area (Å²) in [5.74, 6) is -4.90. The maximum absolute atomic E-state index is 15.1. The zero-order valence-electron chi connectivity index (χ0n) is 33.7. The predicted octanol–water partition coefficient (Wildman–Crippen LogP) is 3.28. The minimum atomic E-state index is -2.28. The van der Waals surface area contributed by atoms with Gasteiger partial charge in [-0.15, -0.1) is 0 Å². The molecule has 5 aliphatic rings. The van der Waals surface area contributed by atoms with Gasteiger partial charge in [0, 0.05) is 18.8 Å². The topological polar surface area (TPSA) is 217 Å². The van der Waals surface area contributed by atoms with E-state index >= 15 is 4.79 Å². The number of epoxide rings is 1. The number of hydrogen-bond donors (Lipinski definition) is 4. The monoisotopic (exact) mass is 805 g/mol. The number of amides is 1. The number of benzene rings is 2. The van der Waals surface area contributed by atoms with Gasteiger partial charge in [0.05, 0.1) is 35.6 Å². The van der Waals surface area contributed by atoms with Crippen LogP contribution in [0.4, 0.5) is 4.79 Å². The molecule has 2 aromatic rings. The highest BCUT2D eigenvalue weighted by molar-refractivity contribution is 5.94. The standard InChI is InChI=1S/C43H51NO14/c1-21-25(54-37(50)29(47)27(23-15-11-9-12-16-23)44-38(51)58-39(3,4)5)19-43(52)35(56-36(49)24-17-13-10-14-18-24)31-41(8,32(48)28(46)26(21)40(43,6)7)33-30(55-33)34-42(31,20-53-34)57-22(2)45/h9-18,25,27-31,33-35,46-47,52H,19-20H2,1-8H3,(H,44,51)/t25-,27-,28+,29+,30?,31-,33?,34+,35-,41+,42+,43+/m1/s1. The van der Waals surface area contributed by atoms with Crippen molar-refractivity contribution in [3.05, 3.63) is 82.9 Å². The normalized spacial score (nSPS) is 35.5. The smallest absolute Gasteiger partial charge is 0.408 e. The Balaban J connectivity index is 1.34. The highest BCUT2D eigenvalue weighted by Crippen LogP contribution is 2.68. The van der Waals surface area contributed by atoms with Crippen LogP contribution in [0.25, 0.3) is 0 Å². The first kappa shape index (κ1) is 41.5. The number of esters is 3. The molecule has 15 heteroatoms. The molecule has 0 spiro atoms. The number of carbonyl (C=O) groups is 5. The van der Waals surface area contributed by atoms with E-state index in [1.54, 1.807) is 97.0 Å². The number of alkyl carbamates (subject to hydrolysis) is 1. The maximum atomic E-state index is 15.1. The van der Waals surface area contributed by atoms with E-state index in [1.807, 2.05) is 0 Å². The van der Waals surface area contributed by atoms with Gasteiger partial charge in [0.15, 0.2) is 17.5 Å². The van der Waals surface area contributed by atoms with E-state index in [4.69, 9.17) is 28.4 Å². The molecular formula is C43H51NO14. The van der Waals surface area contributed by atoms with Crippen LogP contribution in [0.2, 0.25) is 0 Å². The van der Waals surface area contributed by atoms with Crippen LogP contribution in [0, 0.1) is 16.7 Å². The molecule has 15 nitrogen and oxygen atoms in total. The highest BCUT2D eigenvalue weighted by Gasteiger charge is 2.84. The van der Waals surface area contributed by atoms with Crippen LogP contribution in [0.3, 0.4) is 0 Å². The van der Waals surface area contributed by atoms with Crippen molar-refractivity contribution < 1.29 is 67.7 Å². The van der Waals surface area contributed by atoms with Gasteiger partial charge in [0.25, 0.3) is 0 Å². The maximum Gasteiger partial charge on any atom is 0.408 e. The first-order chi connectivity index (χ1) is 27.1. The van der Waals surface area contributed by atoms with Gasteiger partial charge in [-0.1, -0.05) is 62.4 Å². The van der Waals surface area contributed by atoms with E-state index in [2.05, 4.69) is 5.32 Å². The average Bonchev–Trinajstić information content (AvgIpc) is 3.93. The molecule has 12 atom stereocenters. The molecule has 4 fully saturated rings. The lowest BCUT2D eigenvalue weighted by molar-refractivity contribution is -0.325. The Bertz CT molecular complexity index is 2030. The summed E-state index contributed by atoms with van der Waals surface area (Å²) in [5.41, 5.74) is -7.45. The summed E-state index contributed by atoms with van der Waals surface area (Å²) in [7, 11) is 0. The summed E-state index contributed by atoms with van der Waals surface area (Å²) < 4.78 is 35.9. The van der Waals surface area contributed by atoms with Crippen LogP contribution in [0.15, 0.2) is 71.8 Å². The van der Waals surface area contributed by atoms with Crippen molar-refractivity contribution in [3.8, 4) is 0 Å². The van der Waals surface area contributed by atoms with E-state index in [-0.39, 0.29) is 23.3 Å². The predicted molar refractivity (Wildman–Crippen MR) is 202 cm³/mol. The molecule has 2 bridgehead atoms. The highest BCUT2D eigenvalue weighted by atomic mass is 16.7. The Morgan fingerprint density at radius 3 is 2.14 bits per heavy atom. The number of nitrogens with one attached hydrogen (secondary N) is 1. The lowest BCUT2D eigenvalue weighted by Gasteiger charge is -2.65. The number of ketones is 1. The summed E-state index contributed by atoms with van der Waals surface area (Å²) in [5, 5.41) is 39.9. The number of aliphatic hydroxyl groups excluding tert-OH is 2. The van der Waals surface area contributed by atoms with Gasteiger partial charge in [-0.3, -0.25) is 9.59 Å². The van der Waals surface area contributed by atoms with Gasteiger partial charge in [-0.2, -0.15) is 0 Å². The lowest BCUT2D eigenvalue weighted by atomic mass is 9.45.